The first-order valence-corrected chi connectivity index (χ1v) is 13.3. The standard InChI is InChI=1S/C24H23F4N3O4S2/c1-15-14-30(19-8-7-17(25)13-18(19)24(26,27)28)11-12-31(15)37(34,35)21-10-9-20(36-21)23(33,22(29)32)16-5-3-2-4-6-16/h2-10,13,15,33H,11-12,14H2,1H3,(H2,29,32)/t15-,23?/m1/s1. The van der Waals surface area contributed by atoms with Gasteiger partial charge in [-0.25, -0.2) is 12.8 Å². The molecule has 13 heteroatoms. The van der Waals surface area contributed by atoms with Crippen molar-refractivity contribution in [3.63, 3.8) is 0 Å². The van der Waals surface area contributed by atoms with Gasteiger partial charge in [0.15, 0.2) is 0 Å². The molecule has 1 unspecified atom stereocenters. The minimum Gasteiger partial charge on any atom is -0.371 e. The van der Waals surface area contributed by atoms with Gasteiger partial charge >= 0.3 is 6.18 Å². The number of hydrogen-bond donors (Lipinski definition) is 2. The van der Waals surface area contributed by atoms with Crippen molar-refractivity contribution in [2.75, 3.05) is 24.5 Å². The van der Waals surface area contributed by atoms with Crippen molar-refractivity contribution in [1.29, 1.82) is 0 Å². The van der Waals surface area contributed by atoms with Gasteiger partial charge < -0.3 is 15.7 Å². The minimum atomic E-state index is -4.78. The van der Waals surface area contributed by atoms with E-state index in [1.807, 2.05) is 0 Å². The Hall–Kier alpha value is -3.00. The molecular formula is C24H23F4N3O4S2. The van der Waals surface area contributed by atoms with Crippen LogP contribution in [0.25, 0.3) is 0 Å². The summed E-state index contributed by atoms with van der Waals surface area (Å²) in [5.74, 6) is -2.10. The number of nitrogens with zero attached hydrogens (tertiary/aromatic N) is 2. The molecule has 1 fully saturated rings. The van der Waals surface area contributed by atoms with Crippen LogP contribution < -0.4 is 10.6 Å². The van der Waals surface area contributed by atoms with Crippen LogP contribution in [0.5, 0.6) is 0 Å². The molecule has 3 N–H and O–H groups in total. The lowest BCUT2D eigenvalue weighted by Crippen LogP contribution is -2.54. The maximum atomic E-state index is 13.5. The Morgan fingerprint density at radius 1 is 1.08 bits per heavy atom. The third-order valence-electron chi connectivity index (χ3n) is 6.22. The number of carbonyl (C=O) groups is 1. The summed E-state index contributed by atoms with van der Waals surface area (Å²) in [6.07, 6.45) is -4.78. The Morgan fingerprint density at radius 3 is 2.35 bits per heavy atom. The lowest BCUT2D eigenvalue weighted by atomic mass is 9.91. The maximum Gasteiger partial charge on any atom is 0.418 e. The molecule has 0 aliphatic carbocycles. The number of carbonyl (C=O) groups excluding carboxylic acids is 1. The summed E-state index contributed by atoms with van der Waals surface area (Å²) in [6.45, 7) is 1.29. The second kappa shape index (κ2) is 9.71. The fourth-order valence-corrected chi connectivity index (χ4v) is 7.55. The van der Waals surface area contributed by atoms with Crippen LogP contribution in [0.4, 0.5) is 23.2 Å². The molecule has 0 spiro atoms. The summed E-state index contributed by atoms with van der Waals surface area (Å²) < 4.78 is 81.9. The minimum absolute atomic E-state index is 0.0113. The molecule has 3 aromatic rings. The molecule has 1 amide bonds. The number of hydrogen-bond acceptors (Lipinski definition) is 6. The number of nitrogens with two attached hydrogens (primary N) is 1. The number of halogens is 4. The van der Waals surface area contributed by atoms with Gasteiger partial charge in [0.2, 0.25) is 5.60 Å². The lowest BCUT2D eigenvalue weighted by Gasteiger charge is -2.40. The zero-order valence-electron chi connectivity index (χ0n) is 19.4. The molecule has 37 heavy (non-hydrogen) atoms. The van der Waals surface area contributed by atoms with Gasteiger partial charge in [-0.1, -0.05) is 30.3 Å². The van der Waals surface area contributed by atoms with Crippen LogP contribution in [0.3, 0.4) is 0 Å². The molecule has 1 aromatic heterocycles. The van der Waals surface area contributed by atoms with Gasteiger partial charge in [-0.05, 0) is 42.8 Å². The molecule has 2 aromatic carbocycles. The molecule has 2 heterocycles. The monoisotopic (exact) mass is 557 g/mol. The van der Waals surface area contributed by atoms with Crippen LogP contribution in [0, 0.1) is 5.82 Å². The fraction of sp³-hybridized carbons (Fsp3) is 0.292. The van der Waals surface area contributed by atoms with Crippen molar-refractivity contribution >= 4 is 33.0 Å². The Morgan fingerprint density at radius 2 is 1.76 bits per heavy atom. The highest BCUT2D eigenvalue weighted by Crippen LogP contribution is 2.40. The van der Waals surface area contributed by atoms with Gasteiger partial charge in [0.05, 0.1) is 10.4 Å². The number of amides is 1. The number of aliphatic hydroxyl groups is 1. The van der Waals surface area contributed by atoms with E-state index in [4.69, 9.17) is 5.73 Å². The molecule has 0 bridgehead atoms. The van der Waals surface area contributed by atoms with E-state index in [1.54, 1.807) is 25.1 Å². The first-order valence-electron chi connectivity index (χ1n) is 11.1. The van der Waals surface area contributed by atoms with E-state index in [-0.39, 0.29) is 40.0 Å². The number of piperazine rings is 1. The number of thiophene rings is 1. The van der Waals surface area contributed by atoms with Crippen LogP contribution in [-0.2, 0) is 26.6 Å². The van der Waals surface area contributed by atoms with Crippen molar-refractivity contribution in [3.05, 3.63) is 82.5 Å². The Kier molecular flexibility index (Phi) is 7.10. The Balaban J connectivity index is 1.61. The number of primary amides is 1. The van der Waals surface area contributed by atoms with Crippen molar-refractivity contribution in [1.82, 2.24) is 4.31 Å². The van der Waals surface area contributed by atoms with E-state index in [1.165, 1.54) is 29.2 Å². The van der Waals surface area contributed by atoms with E-state index >= 15 is 0 Å². The molecule has 0 saturated carbocycles. The van der Waals surface area contributed by atoms with Gasteiger partial charge in [0, 0.05) is 31.4 Å². The average molecular weight is 558 g/mol. The first-order chi connectivity index (χ1) is 17.3. The zero-order chi connectivity index (χ0) is 27.2. The van der Waals surface area contributed by atoms with E-state index < -0.39 is 45.1 Å². The largest absolute Gasteiger partial charge is 0.418 e. The second-order valence-corrected chi connectivity index (χ2v) is 11.8. The topological polar surface area (TPSA) is 104 Å². The molecule has 7 nitrogen and oxygen atoms in total. The van der Waals surface area contributed by atoms with Crippen molar-refractivity contribution < 1.29 is 35.9 Å². The highest BCUT2D eigenvalue weighted by atomic mass is 32.2. The number of benzene rings is 2. The zero-order valence-corrected chi connectivity index (χ0v) is 21.1. The van der Waals surface area contributed by atoms with Crippen molar-refractivity contribution in [3.8, 4) is 0 Å². The predicted molar refractivity (Wildman–Crippen MR) is 130 cm³/mol. The van der Waals surface area contributed by atoms with Gasteiger partial charge in [0.1, 0.15) is 10.0 Å². The number of alkyl halides is 3. The Bertz CT molecular complexity index is 1410. The smallest absolute Gasteiger partial charge is 0.371 e. The van der Waals surface area contributed by atoms with E-state index in [0.29, 0.717) is 17.4 Å². The molecule has 2 atom stereocenters. The SMILES string of the molecule is C[C@@H]1CN(c2ccc(F)cc2C(F)(F)F)CCN1S(=O)(=O)c1ccc(C(O)(C(N)=O)c2ccccc2)s1. The van der Waals surface area contributed by atoms with Crippen LogP contribution in [0.1, 0.15) is 22.9 Å². The highest BCUT2D eigenvalue weighted by Gasteiger charge is 2.42. The average Bonchev–Trinajstić information content (AvgIpc) is 3.35. The maximum absolute atomic E-state index is 13.5. The second-order valence-electron chi connectivity index (χ2n) is 8.63. The van der Waals surface area contributed by atoms with Crippen LogP contribution in [0.2, 0.25) is 0 Å². The van der Waals surface area contributed by atoms with Gasteiger partial charge in [0.25, 0.3) is 15.9 Å². The number of sulfonamides is 1. The van der Waals surface area contributed by atoms with Crippen molar-refractivity contribution in [2.45, 2.75) is 29.0 Å². The molecular weight excluding hydrogens is 534 g/mol. The quantitative estimate of drug-likeness (QED) is 0.452. The molecule has 1 saturated heterocycles. The summed E-state index contributed by atoms with van der Waals surface area (Å²) in [6, 6.07) is 12.1. The van der Waals surface area contributed by atoms with Crippen LogP contribution in [0.15, 0.2) is 64.9 Å². The fourth-order valence-electron chi connectivity index (χ4n) is 4.38. The van der Waals surface area contributed by atoms with Gasteiger partial charge in [-0.3, -0.25) is 4.79 Å². The molecule has 198 valence electrons. The normalized spacial score (nSPS) is 19.0. The van der Waals surface area contributed by atoms with E-state index in [9.17, 15) is 35.9 Å². The summed E-state index contributed by atoms with van der Waals surface area (Å²) in [5, 5.41) is 11.1. The lowest BCUT2D eigenvalue weighted by molar-refractivity contribution is -0.137. The van der Waals surface area contributed by atoms with Gasteiger partial charge in [-0.2, -0.15) is 17.5 Å². The van der Waals surface area contributed by atoms with E-state index in [0.717, 1.165) is 16.4 Å². The predicted octanol–water partition coefficient (Wildman–Crippen LogP) is 3.53. The third-order valence-corrected chi connectivity index (χ3v) is 9.90. The summed E-state index contributed by atoms with van der Waals surface area (Å²) >= 11 is 0.686. The van der Waals surface area contributed by atoms with Crippen LogP contribution >= 0.6 is 11.3 Å². The van der Waals surface area contributed by atoms with Gasteiger partial charge in [-0.15, -0.1) is 11.3 Å². The molecule has 1 aliphatic rings. The summed E-state index contributed by atoms with van der Waals surface area (Å²) in [7, 11) is -4.13. The number of rotatable bonds is 6. The highest BCUT2D eigenvalue weighted by molar-refractivity contribution is 7.91. The van der Waals surface area contributed by atoms with Crippen molar-refractivity contribution in [2.24, 2.45) is 5.73 Å². The summed E-state index contributed by atoms with van der Waals surface area (Å²) in [4.78, 5) is 13.6. The molecule has 1 aliphatic heterocycles. The number of anilines is 1. The van der Waals surface area contributed by atoms with E-state index in [2.05, 4.69) is 0 Å². The van der Waals surface area contributed by atoms with Crippen LogP contribution in [-0.4, -0.2) is 49.4 Å². The molecule has 4 rings (SSSR count). The summed E-state index contributed by atoms with van der Waals surface area (Å²) in [5.41, 5.74) is 2.05. The first kappa shape index (κ1) is 27.0. The molecule has 0 radical (unpaired) electrons. The third kappa shape index (κ3) is 4.96. The Labute approximate surface area is 214 Å².